The van der Waals surface area contributed by atoms with Crippen LogP contribution in [0.15, 0.2) is 18.2 Å². The van der Waals surface area contributed by atoms with Gasteiger partial charge in [-0.3, -0.25) is 0 Å². The lowest BCUT2D eigenvalue weighted by molar-refractivity contribution is 0.584. The van der Waals surface area contributed by atoms with Crippen LogP contribution in [0.1, 0.15) is 26.3 Å². The molecule has 0 aliphatic heterocycles. The normalized spacial score (nSPS) is 11.9. The highest BCUT2D eigenvalue weighted by atomic mass is 19.1. The highest BCUT2D eigenvalue weighted by molar-refractivity contribution is 5.82. The number of nitrogens with two attached hydrogens (primary N) is 1. The molecule has 3 N–H and O–H groups in total. The maximum absolute atomic E-state index is 13.7. The minimum Gasteiger partial charge on any atom is -0.308 e. The largest absolute Gasteiger partial charge is 0.308 e. The number of hydrogen-bond donors (Lipinski definition) is 2. The minimum absolute atomic E-state index is 0.244. The number of halogens is 2. The summed E-state index contributed by atoms with van der Waals surface area (Å²) in [6, 6.07) is 3.70. The van der Waals surface area contributed by atoms with Crippen molar-refractivity contribution < 1.29 is 8.78 Å². The van der Waals surface area contributed by atoms with Gasteiger partial charge in [0.1, 0.15) is 17.5 Å². The van der Waals surface area contributed by atoms with Crippen LogP contribution in [-0.4, -0.2) is 4.98 Å². The van der Waals surface area contributed by atoms with Gasteiger partial charge in [0, 0.05) is 23.1 Å². The Morgan fingerprint density at radius 3 is 2.39 bits per heavy atom. The monoisotopic (exact) mass is 251 g/mol. The number of anilines is 1. The van der Waals surface area contributed by atoms with Crippen LogP contribution in [0.2, 0.25) is 0 Å². The molecule has 0 amide bonds. The maximum Gasteiger partial charge on any atom is 0.144 e. The Hall–Kier alpha value is -1.75. The molecule has 2 aromatic rings. The zero-order valence-corrected chi connectivity index (χ0v) is 10.5. The number of nitrogens with one attached hydrogen (secondary N) is 1. The first-order valence-electron chi connectivity index (χ1n) is 5.60. The Balaban J connectivity index is 2.82. The maximum atomic E-state index is 13.7. The van der Waals surface area contributed by atoms with Crippen molar-refractivity contribution in [3.63, 3.8) is 0 Å². The van der Waals surface area contributed by atoms with E-state index < -0.39 is 11.6 Å². The van der Waals surface area contributed by atoms with E-state index in [1.165, 1.54) is 6.07 Å². The molecule has 2 rings (SSSR count). The van der Waals surface area contributed by atoms with E-state index in [1.807, 2.05) is 20.8 Å². The molecule has 1 heterocycles. The van der Waals surface area contributed by atoms with E-state index in [-0.39, 0.29) is 10.9 Å². The third-order valence-electron chi connectivity index (χ3n) is 2.79. The summed E-state index contributed by atoms with van der Waals surface area (Å²) in [5.74, 6) is 4.57. The predicted molar refractivity (Wildman–Crippen MR) is 68.2 cm³/mol. The van der Waals surface area contributed by atoms with Gasteiger partial charge in [-0.05, 0) is 11.5 Å². The molecule has 96 valence electrons. The van der Waals surface area contributed by atoms with Crippen molar-refractivity contribution >= 4 is 16.7 Å². The fourth-order valence-corrected chi connectivity index (χ4v) is 1.88. The third kappa shape index (κ3) is 2.13. The van der Waals surface area contributed by atoms with Gasteiger partial charge in [0.25, 0.3) is 0 Å². The van der Waals surface area contributed by atoms with Crippen molar-refractivity contribution in [3.05, 3.63) is 35.4 Å². The zero-order valence-electron chi connectivity index (χ0n) is 10.5. The minimum atomic E-state index is -0.654. The second-order valence-electron chi connectivity index (χ2n) is 5.23. The standard InChI is InChI=1S/C13H15F2N3/c1-13(2,3)9-6-8-10(15)4-7(14)5-11(8)17-12(9)18-16/h4-6H,16H2,1-3H3,(H,17,18). The Labute approximate surface area is 104 Å². The molecule has 0 fully saturated rings. The van der Waals surface area contributed by atoms with E-state index in [4.69, 9.17) is 5.84 Å². The molecule has 0 radical (unpaired) electrons. The summed E-state index contributed by atoms with van der Waals surface area (Å²) in [5.41, 5.74) is 3.26. The second kappa shape index (κ2) is 4.17. The summed E-state index contributed by atoms with van der Waals surface area (Å²) in [4.78, 5) is 4.17. The first-order valence-corrected chi connectivity index (χ1v) is 5.60. The quantitative estimate of drug-likeness (QED) is 0.605. The molecule has 5 heteroatoms. The highest BCUT2D eigenvalue weighted by Gasteiger charge is 2.21. The summed E-state index contributed by atoms with van der Waals surface area (Å²) in [6.07, 6.45) is 0. The van der Waals surface area contributed by atoms with E-state index >= 15 is 0 Å². The number of benzene rings is 1. The average Bonchev–Trinajstić information content (AvgIpc) is 2.25. The van der Waals surface area contributed by atoms with Gasteiger partial charge in [-0.15, -0.1) is 0 Å². The lowest BCUT2D eigenvalue weighted by atomic mass is 9.86. The lowest BCUT2D eigenvalue weighted by Gasteiger charge is -2.22. The topological polar surface area (TPSA) is 50.9 Å². The fourth-order valence-electron chi connectivity index (χ4n) is 1.88. The van der Waals surface area contributed by atoms with E-state index in [2.05, 4.69) is 10.4 Å². The van der Waals surface area contributed by atoms with Crippen molar-refractivity contribution in [3.8, 4) is 0 Å². The number of aromatic nitrogens is 1. The number of pyridine rings is 1. The van der Waals surface area contributed by atoms with Gasteiger partial charge in [0.15, 0.2) is 0 Å². The number of nitrogens with zero attached hydrogens (tertiary/aromatic N) is 1. The van der Waals surface area contributed by atoms with Gasteiger partial charge in [-0.1, -0.05) is 20.8 Å². The molecule has 0 saturated carbocycles. The van der Waals surface area contributed by atoms with E-state index in [0.717, 1.165) is 11.6 Å². The smallest absolute Gasteiger partial charge is 0.144 e. The van der Waals surface area contributed by atoms with Crippen molar-refractivity contribution in [1.82, 2.24) is 4.98 Å². The predicted octanol–water partition coefficient (Wildman–Crippen LogP) is 3.10. The third-order valence-corrected chi connectivity index (χ3v) is 2.79. The summed E-state index contributed by atoms with van der Waals surface area (Å²) in [7, 11) is 0. The SMILES string of the molecule is CC(C)(C)c1cc2c(F)cc(F)cc2nc1NN. The molecule has 0 atom stereocenters. The van der Waals surface area contributed by atoms with E-state index in [1.54, 1.807) is 6.07 Å². The summed E-state index contributed by atoms with van der Waals surface area (Å²) in [5, 5.41) is 0.292. The van der Waals surface area contributed by atoms with Crippen LogP contribution in [0.5, 0.6) is 0 Å². The van der Waals surface area contributed by atoms with Gasteiger partial charge in [-0.2, -0.15) is 0 Å². The molecule has 0 saturated heterocycles. The fraction of sp³-hybridized carbons (Fsp3) is 0.308. The molecule has 0 aliphatic carbocycles. The van der Waals surface area contributed by atoms with Crippen molar-refractivity contribution in [2.24, 2.45) is 5.84 Å². The van der Waals surface area contributed by atoms with Crippen LogP contribution >= 0.6 is 0 Å². The Kier molecular flexibility index (Phi) is 2.94. The zero-order chi connectivity index (χ0) is 13.5. The number of nitrogen functional groups attached to an aromatic ring is 1. The molecule has 1 aromatic carbocycles. The highest BCUT2D eigenvalue weighted by Crippen LogP contribution is 2.31. The Morgan fingerprint density at radius 1 is 1.17 bits per heavy atom. The molecule has 0 aliphatic rings. The molecular weight excluding hydrogens is 236 g/mol. The first-order chi connectivity index (χ1) is 8.32. The molecule has 0 bridgehead atoms. The van der Waals surface area contributed by atoms with Crippen LogP contribution in [0.4, 0.5) is 14.6 Å². The molecule has 18 heavy (non-hydrogen) atoms. The van der Waals surface area contributed by atoms with Gasteiger partial charge < -0.3 is 5.43 Å². The molecule has 3 nitrogen and oxygen atoms in total. The summed E-state index contributed by atoms with van der Waals surface area (Å²) in [6.45, 7) is 5.91. The molecule has 1 aromatic heterocycles. The summed E-state index contributed by atoms with van der Waals surface area (Å²) < 4.78 is 26.9. The van der Waals surface area contributed by atoms with Crippen LogP contribution in [0.25, 0.3) is 10.9 Å². The first kappa shape index (κ1) is 12.7. The van der Waals surface area contributed by atoms with Crippen LogP contribution in [0, 0.1) is 11.6 Å². The number of rotatable bonds is 1. The van der Waals surface area contributed by atoms with Gasteiger partial charge in [-0.25, -0.2) is 19.6 Å². The number of fused-ring (bicyclic) bond motifs is 1. The van der Waals surface area contributed by atoms with Crippen LogP contribution < -0.4 is 11.3 Å². The summed E-state index contributed by atoms with van der Waals surface area (Å²) >= 11 is 0. The Morgan fingerprint density at radius 2 is 1.83 bits per heavy atom. The number of hydrogen-bond acceptors (Lipinski definition) is 3. The van der Waals surface area contributed by atoms with Crippen molar-refractivity contribution in [2.45, 2.75) is 26.2 Å². The van der Waals surface area contributed by atoms with E-state index in [0.29, 0.717) is 11.2 Å². The van der Waals surface area contributed by atoms with E-state index in [9.17, 15) is 8.78 Å². The van der Waals surface area contributed by atoms with Gasteiger partial charge in [0.2, 0.25) is 0 Å². The van der Waals surface area contributed by atoms with Gasteiger partial charge >= 0.3 is 0 Å². The molecule has 0 spiro atoms. The van der Waals surface area contributed by atoms with Crippen LogP contribution in [-0.2, 0) is 5.41 Å². The molecular formula is C13H15F2N3. The lowest BCUT2D eigenvalue weighted by Crippen LogP contribution is -2.19. The second-order valence-corrected chi connectivity index (χ2v) is 5.23. The van der Waals surface area contributed by atoms with Crippen LogP contribution in [0.3, 0.4) is 0 Å². The molecule has 0 unspecified atom stereocenters. The Bertz CT molecular complexity index is 603. The van der Waals surface area contributed by atoms with Crippen molar-refractivity contribution in [1.29, 1.82) is 0 Å². The average molecular weight is 251 g/mol. The van der Waals surface area contributed by atoms with Crippen molar-refractivity contribution in [2.75, 3.05) is 5.43 Å². The van der Waals surface area contributed by atoms with Gasteiger partial charge in [0.05, 0.1) is 5.52 Å². The number of hydrazine groups is 1.